The van der Waals surface area contributed by atoms with E-state index in [1.54, 1.807) is 17.9 Å². The first-order valence-corrected chi connectivity index (χ1v) is 6.85. The number of carbonyl (C=O) groups is 1. The van der Waals surface area contributed by atoms with E-state index in [1.165, 1.54) is 11.8 Å². The fourth-order valence-electron chi connectivity index (χ4n) is 1.46. The van der Waals surface area contributed by atoms with E-state index in [0.717, 1.165) is 9.37 Å². The molecule has 0 aliphatic rings. The van der Waals surface area contributed by atoms with Crippen LogP contribution in [0.25, 0.3) is 0 Å². The molecular weight excluding hydrogens is 300 g/mol. The van der Waals surface area contributed by atoms with E-state index in [1.807, 2.05) is 30.3 Å². The first-order valence-electron chi connectivity index (χ1n) is 5.07. The van der Waals surface area contributed by atoms with E-state index in [2.05, 4.69) is 21.0 Å². The molecule has 1 heterocycles. The van der Waals surface area contributed by atoms with Crippen LogP contribution in [-0.4, -0.2) is 21.3 Å². The summed E-state index contributed by atoms with van der Waals surface area (Å²) in [7, 11) is 1.77. The fraction of sp³-hybridized carbons (Fsp3) is 0.167. The van der Waals surface area contributed by atoms with Crippen molar-refractivity contribution in [1.29, 1.82) is 0 Å². The van der Waals surface area contributed by atoms with Crippen LogP contribution in [0.1, 0.15) is 10.5 Å². The monoisotopic (exact) mass is 310 g/mol. The predicted octanol–water partition coefficient (Wildman–Crippen LogP) is 3.16. The molecule has 0 saturated carbocycles. The molecule has 1 aromatic carbocycles. The molecule has 5 heteroatoms. The van der Waals surface area contributed by atoms with Crippen LogP contribution in [0.3, 0.4) is 0 Å². The summed E-state index contributed by atoms with van der Waals surface area (Å²) >= 11 is 4.86. The minimum absolute atomic E-state index is 0.0747. The Labute approximate surface area is 112 Å². The smallest absolute Gasteiger partial charge is 0.192 e. The molecule has 1 aromatic heterocycles. The highest BCUT2D eigenvalue weighted by Crippen LogP contribution is 2.21. The molecule has 17 heavy (non-hydrogen) atoms. The SMILES string of the molecule is Cn1ncc(Br)c1C(=O)CSc1ccccc1. The number of benzene rings is 1. The summed E-state index contributed by atoms with van der Waals surface area (Å²) < 4.78 is 2.34. The molecule has 2 aromatic rings. The van der Waals surface area contributed by atoms with Gasteiger partial charge in [-0.25, -0.2) is 0 Å². The van der Waals surface area contributed by atoms with E-state index in [0.29, 0.717) is 11.4 Å². The van der Waals surface area contributed by atoms with Gasteiger partial charge in [0.15, 0.2) is 5.78 Å². The average Bonchev–Trinajstić information content (AvgIpc) is 2.67. The second-order valence-electron chi connectivity index (χ2n) is 3.49. The topological polar surface area (TPSA) is 34.9 Å². The Morgan fingerprint density at radius 1 is 1.41 bits per heavy atom. The minimum Gasteiger partial charge on any atom is -0.291 e. The Kier molecular flexibility index (Phi) is 4.02. The van der Waals surface area contributed by atoms with Crippen LogP contribution in [0.2, 0.25) is 0 Å². The van der Waals surface area contributed by atoms with Crippen molar-refractivity contribution in [3.8, 4) is 0 Å². The van der Waals surface area contributed by atoms with E-state index in [-0.39, 0.29) is 5.78 Å². The highest BCUT2D eigenvalue weighted by molar-refractivity contribution is 9.10. The van der Waals surface area contributed by atoms with Crippen molar-refractivity contribution in [3.05, 3.63) is 46.7 Å². The van der Waals surface area contributed by atoms with Crippen molar-refractivity contribution in [2.45, 2.75) is 4.90 Å². The lowest BCUT2D eigenvalue weighted by Gasteiger charge is -2.02. The third-order valence-corrected chi connectivity index (χ3v) is 3.86. The number of hydrogen-bond donors (Lipinski definition) is 0. The van der Waals surface area contributed by atoms with Gasteiger partial charge < -0.3 is 0 Å². The van der Waals surface area contributed by atoms with Gasteiger partial charge in [-0.05, 0) is 28.1 Å². The number of aromatic nitrogens is 2. The van der Waals surface area contributed by atoms with Gasteiger partial charge >= 0.3 is 0 Å². The molecule has 0 radical (unpaired) electrons. The molecule has 0 N–H and O–H groups in total. The van der Waals surface area contributed by atoms with Crippen LogP contribution in [0.4, 0.5) is 0 Å². The van der Waals surface area contributed by atoms with Gasteiger partial charge in [0.2, 0.25) is 0 Å². The molecule has 0 bridgehead atoms. The van der Waals surface area contributed by atoms with Crippen molar-refractivity contribution in [1.82, 2.24) is 9.78 Å². The van der Waals surface area contributed by atoms with Gasteiger partial charge in [0, 0.05) is 11.9 Å². The van der Waals surface area contributed by atoms with Crippen LogP contribution < -0.4 is 0 Å². The van der Waals surface area contributed by atoms with E-state index in [4.69, 9.17) is 0 Å². The standard InChI is InChI=1S/C12H11BrN2OS/c1-15-12(10(13)7-14-15)11(16)8-17-9-5-3-2-4-6-9/h2-7H,8H2,1H3. The van der Waals surface area contributed by atoms with Gasteiger partial charge in [-0.3, -0.25) is 9.48 Å². The Balaban J connectivity index is 2.04. The largest absolute Gasteiger partial charge is 0.291 e. The number of hydrogen-bond acceptors (Lipinski definition) is 3. The maximum atomic E-state index is 12.0. The molecule has 2 rings (SSSR count). The van der Waals surface area contributed by atoms with E-state index < -0.39 is 0 Å². The molecule has 0 aliphatic carbocycles. The number of halogens is 1. The third-order valence-electron chi connectivity index (χ3n) is 2.27. The maximum Gasteiger partial charge on any atom is 0.192 e. The second kappa shape index (κ2) is 5.51. The van der Waals surface area contributed by atoms with Crippen LogP contribution in [0.15, 0.2) is 45.9 Å². The van der Waals surface area contributed by atoms with Crippen molar-refractivity contribution in [3.63, 3.8) is 0 Å². The summed E-state index contributed by atoms with van der Waals surface area (Å²) in [5.41, 5.74) is 0.619. The van der Waals surface area contributed by atoms with E-state index >= 15 is 0 Å². The Morgan fingerprint density at radius 2 is 2.12 bits per heavy atom. The van der Waals surface area contributed by atoms with Crippen molar-refractivity contribution >= 4 is 33.5 Å². The van der Waals surface area contributed by atoms with Crippen LogP contribution >= 0.6 is 27.7 Å². The molecule has 0 amide bonds. The Bertz CT molecular complexity index is 505. The number of thioether (sulfide) groups is 1. The number of Topliss-reactive ketones (excluding diaryl/α,β-unsaturated/α-hetero) is 1. The predicted molar refractivity (Wildman–Crippen MR) is 72.4 cm³/mol. The van der Waals surface area contributed by atoms with E-state index in [9.17, 15) is 4.79 Å². The average molecular weight is 311 g/mol. The lowest BCUT2D eigenvalue weighted by Crippen LogP contribution is -2.09. The first-order chi connectivity index (χ1) is 8.18. The molecule has 0 saturated heterocycles. The maximum absolute atomic E-state index is 12.0. The van der Waals surface area contributed by atoms with Crippen LogP contribution in [0, 0.1) is 0 Å². The van der Waals surface area contributed by atoms with Crippen molar-refractivity contribution < 1.29 is 4.79 Å². The van der Waals surface area contributed by atoms with Gasteiger partial charge in [0.25, 0.3) is 0 Å². The number of nitrogens with zero attached hydrogens (tertiary/aromatic N) is 2. The molecule has 0 fully saturated rings. The summed E-state index contributed by atoms with van der Waals surface area (Å²) in [6.07, 6.45) is 1.64. The molecule has 3 nitrogen and oxygen atoms in total. The highest BCUT2D eigenvalue weighted by Gasteiger charge is 2.15. The first kappa shape index (κ1) is 12.4. The van der Waals surface area contributed by atoms with Gasteiger partial charge in [-0.15, -0.1) is 11.8 Å². The second-order valence-corrected chi connectivity index (χ2v) is 5.39. The van der Waals surface area contributed by atoms with Crippen molar-refractivity contribution in [2.75, 3.05) is 5.75 Å². The summed E-state index contributed by atoms with van der Waals surface area (Å²) in [5, 5.41) is 4.03. The molecule has 0 unspecified atom stereocenters. The molecular formula is C12H11BrN2OS. The van der Waals surface area contributed by atoms with Crippen LogP contribution in [-0.2, 0) is 7.05 Å². The van der Waals surface area contributed by atoms with Gasteiger partial charge in [-0.1, -0.05) is 18.2 Å². The molecule has 0 atom stereocenters. The number of rotatable bonds is 4. The number of ketones is 1. The minimum atomic E-state index is 0.0747. The zero-order valence-corrected chi connectivity index (χ0v) is 11.7. The Hall–Kier alpha value is -1.07. The lowest BCUT2D eigenvalue weighted by atomic mass is 10.3. The van der Waals surface area contributed by atoms with Gasteiger partial charge in [0.1, 0.15) is 5.69 Å². The molecule has 88 valence electrons. The number of aryl methyl sites for hydroxylation is 1. The lowest BCUT2D eigenvalue weighted by molar-refractivity contribution is 0.101. The molecule has 0 spiro atoms. The normalized spacial score (nSPS) is 10.5. The van der Waals surface area contributed by atoms with Gasteiger partial charge in [-0.2, -0.15) is 5.10 Å². The summed E-state index contributed by atoms with van der Waals surface area (Å²) in [6, 6.07) is 9.88. The summed E-state index contributed by atoms with van der Waals surface area (Å²) in [4.78, 5) is 13.1. The fourth-order valence-corrected chi connectivity index (χ4v) is 2.81. The summed E-state index contributed by atoms with van der Waals surface area (Å²) in [5.74, 6) is 0.494. The zero-order chi connectivity index (χ0) is 12.3. The van der Waals surface area contributed by atoms with Crippen LogP contribution in [0.5, 0.6) is 0 Å². The Morgan fingerprint density at radius 3 is 2.71 bits per heavy atom. The molecule has 0 aliphatic heterocycles. The quantitative estimate of drug-likeness (QED) is 0.642. The highest BCUT2D eigenvalue weighted by atomic mass is 79.9. The van der Waals surface area contributed by atoms with Gasteiger partial charge in [0.05, 0.1) is 16.4 Å². The summed E-state index contributed by atoms with van der Waals surface area (Å²) in [6.45, 7) is 0. The third kappa shape index (κ3) is 2.98. The zero-order valence-electron chi connectivity index (χ0n) is 9.26. The number of carbonyl (C=O) groups excluding carboxylic acids is 1. The van der Waals surface area contributed by atoms with Crippen molar-refractivity contribution in [2.24, 2.45) is 7.05 Å².